The van der Waals surface area contributed by atoms with E-state index in [2.05, 4.69) is 6.92 Å². The molecule has 3 unspecified atom stereocenters. The van der Waals surface area contributed by atoms with Crippen molar-refractivity contribution in [3.63, 3.8) is 0 Å². The van der Waals surface area contributed by atoms with Crippen molar-refractivity contribution in [1.82, 2.24) is 0 Å². The summed E-state index contributed by atoms with van der Waals surface area (Å²) in [5.74, 6) is -0.480. The largest absolute Gasteiger partial charge is 0.481 e. The van der Waals surface area contributed by atoms with Gasteiger partial charge in [-0.25, -0.2) is 0 Å². The summed E-state index contributed by atoms with van der Waals surface area (Å²) in [5, 5.41) is 9.81. The van der Waals surface area contributed by atoms with Crippen LogP contribution < -0.4 is 5.73 Å². The zero-order valence-electron chi connectivity index (χ0n) is 11.1. The second-order valence-electron chi connectivity index (χ2n) is 5.05. The minimum absolute atomic E-state index is 0.00470. The smallest absolute Gasteiger partial charge is 0.304 e. The number of nitrogens with two attached hydrogens (primary N) is 1. The molecule has 5 heteroatoms. The Morgan fingerprint density at radius 1 is 1.32 bits per heavy atom. The van der Waals surface area contributed by atoms with Gasteiger partial charge in [-0.05, 0) is 36.0 Å². The van der Waals surface area contributed by atoms with Crippen molar-refractivity contribution in [2.75, 3.05) is 0 Å². The molecule has 1 rings (SSSR count). The van der Waals surface area contributed by atoms with E-state index in [0.29, 0.717) is 10.0 Å². The van der Waals surface area contributed by atoms with E-state index in [1.54, 1.807) is 6.07 Å². The highest BCUT2D eigenvalue weighted by molar-refractivity contribution is 6.42. The average molecular weight is 304 g/mol. The molecule has 0 aliphatic rings. The topological polar surface area (TPSA) is 63.3 Å². The highest BCUT2D eigenvalue weighted by Crippen LogP contribution is 2.30. The summed E-state index contributed by atoms with van der Waals surface area (Å²) in [6.45, 7) is 4.05. The molecule has 3 nitrogen and oxygen atoms in total. The first-order valence-electron chi connectivity index (χ1n) is 6.23. The van der Waals surface area contributed by atoms with Gasteiger partial charge in [0, 0.05) is 6.04 Å². The van der Waals surface area contributed by atoms with Gasteiger partial charge in [-0.2, -0.15) is 0 Å². The maximum Gasteiger partial charge on any atom is 0.304 e. The second-order valence-corrected chi connectivity index (χ2v) is 5.86. The maximum atomic E-state index is 10.6. The third kappa shape index (κ3) is 5.01. The van der Waals surface area contributed by atoms with E-state index in [1.165, 1.54) is 0 Å². The first kappa shape index (κ1) is 16.3. The Hall–Kier alpha value is -0.770. The highest BCUT2D eigenvalue weighted by atomic mass is 35.5. The third-order valence-corrected chi connectivity index (χ3v) is 4.12. The number of carboxylic acids is 1. The maximum absolute atomic E-state index is 10.6. The first-order chi connectivity index (χ1) is 8.81. The molecule has 0 heterocycles. The minimum atomic E-state index is -0.860. The van der Waals surface area contributed by atoms with Crippen LogP contribution in [-0.4, -0.2) is 17.1 Å². The van der Waals surface area contributed by atoms with Crippen LogP contribution in [0.5, 0.6) is 0 Å². The molecule has 0 saturated heterocycles. The monoisotopic (exact) mass is 303 g/mol. The lowest BCUT2D eigenvalue weighted by Crippen LogP contribution is -2.31. The Kier molecular flexibility index (Phi) is 6.11. The lowest BCUT2D eigenvalue weighted by Gasteiger charge is -2.22. The third-order valence-electron chi connectivity index (χ3n) is 3.38. The summed E-state index contributed by atoms with van der Waals surface area (Å²) < 4.78 is 0. The molecule has 0 radical (unpaired) electrons. The fraction of sp³-hybridized carbons (Fsp3) is 0.500. The summed E-state index contributed by atoms with van der Waals surface area (Å²) in [5.41, 5.74) is 6.96. The number of benzene rings is 1. The molecule has 0 saturated carbocycles. The summed E-state index contributed by atoms with van der Waals surface area (Å²) in [6.07, 6.45) is 0.807. The number of halogens is 2. The second kappa shape index (κ2) is 7.13. The zero-order chi connectivity index (χ0) is 14.6. The predicted octanol–water partition coefficient (Wildman–Crippen LogP) is 3.93. The van der Waals surface area contributed by atoms with Gasteiger partial charge in [0.15, 0.2) is 0 Å². The predicted molar refractivity (Wildman–Crippen MR) is 78.9 cm³/mol. The standard InChI is InChI=1S/C14H19Cl2NO2/c1-8(5-9(2)13(17)7-14(18)19)10-3-4-11(15)12(16)6-10/h3-4,6,8-9,13H,5,7,17H2,1-2H3,(H,18,19). The van der Waals surface area contributed by atoms with Crippen molar-refractivity contribution in [1.29, 1.82) is 0 Å². The van der Waals surface area contributed by atoms with E-state index in [1.807, 2.05) is 19.1 Å². The van der Waals surface area contributed by atoms with Crippen molar-refractivity contribution in [3.05, 3.63) is 33.8 Å². The molecule has 0 aliphatic carbocycles. The molecule has 0 aromatic heterocycles. The van der Waals surface area contributed by atoms with Crippen LogP contribution in [0.15, 0.2) is 18.2 Å². The van der Waals surface area contributed by atoms with Crippen molar-refractivity contribution in [2.45, 2.75) is 38.6 Å². The van der Waals surface area contributed by atoms with Crippen LogP contribution in [0.2, 0.25) is 10.0 Å². The number of hydrogen-bond acceptors (Lipinski definition) is 2. The summed E-state index contributed by atoms with van der Waals surface area (Å²) >= 11 is 11.9. The van der Waals surface area contributed by atoms with Gasteiger partial charge in [0.25, 0.3) is 0 Å². The molecule has 0 fully saturated rings. The van der Waals surface area contributed by atoms with Crippen LogP contribution in [0.25, 0.3) is 0 Å². The van der Waals surface area contributed by atoms with Crippen LogP contribution >= 0.6 is 23.2 Å². The molecule has 106 valence electrons. The van der Waals surface area contributed by atoms with E-state index >= 15 is 0 Å². The van der Waals surface area contributed by atoms with Crippen molar-refractivity contribution >= 4 is 29.2 Å². The Bertz CT molecular complexity index is 451. The van der Waals surface area contributed by atoms with Crippen LogP contribution in [0, 0.1) is 5.92 Å². The Balaban J connectivity index is 2.65. The van der Waals surface area contributed by atoms with Crippen LogP contribution in [-0.2, 0) is 4.79 Å². The zero-order valence-corrected chi connectivity index (χ0v) is 12.6. The molecule has 1 aromatic rings. The Morgan fingerprint density at radius 3 is 2.47 bits per heavy atom. The Labute approximate surface area is 123 Å². The van der Waals surface area contributed by atoms with Gasteiger partial charge < -0.3 is 10.8 Å². The summed E-state index contributed by atoms with van der Waals surface area (Å²) in [4.78, 5) is 10.6. The lowest BCUT2D eigenvalue weighted by atomic mass is 9.86. The minimum Gasteiger partial charge on any atom is -0.481 e. The van der Waals surface area contributed by atoms with E-state index < -0.39 is 5.97 Å². The van der Waals surface area contributed by atoms with Crippen LogP contribution in [0.3, 0.4) is 0 Å². The van der Waals surface area contributed by atoms with Gasteiger partial charge in [-0.3, -0.25) is 4.79 Å². The van der Waals surface area contributed by atoms with E-state index in [4.69, 9.17) is 34.0 Å². The van der Waals surface area contributed by atoms with Gasteiger partial charge in [-0.15, -0.1) is 0 Å². The molecular formula is C14H19Cl2NO2. The van der Waals surface area contributed by atoms with Gasteiger partial charge in [-0.1, -0.05) is 43.1 Å². The molecule has 0 amide bonds. The van der Waals surface area contributed by atoms with Gasteiger partial charge in [0.05, 0.1) is 16.5 Å². The van der Waals surface area contributed by atoms with Crippen molar-refractivity contribution in [2.24, 2.45) is 11.7 Å². The van der Waals surface area contributed by atoms with Gasteiger partial charge in [0.1, 0.15) is 0 Å². The first-order valence-corrected chi connectivity index (χ1v) is 6.99. The fourth-order valence-corrected chi connectivity index (χ4v) is 2.40. The number of aliphatic carboxylic acids is 1. The number of carbonyl (C=O) groups is 1. The molecule has 0 spiro atoms. The van der Waals surface area contributed by atoms with Crippen molar-refractivity contribution < 1.29 is 9.90 Å². The van der Waals surface area contributed by atoms with Gasteiger partial charge in [0.2, 0.25) is 0 Å². The lowest BCUT2D eigenvalue weighted by molar-refractivity contribution is -0.137. The van der Waals surface area contributed by atoms with E-state index in [0.717, 1.165) is 12.0 Å². The molecule has 3 N–H and O–H groups in total. The molecule has 3 atom stereocenters. The molecule has 0 bridgehead atoms. The van der Waals surface area contributed by atoms with Gasteiger partial charge >= 0.3 is 5.97 Å². The fourth-order valence-electron chi connectivity index (χ4n) is 2.09. The van der Waals surface area contributed by atoms with E-state index in [9.17, 15) is 4.79 Å². The average Bonchev–Trinajstić information content (AvgIpc) is 2.31. The van der Waals surface area contributed by atoms with Crippen LogP contribution in [0.4, 0.5) is 0 Å². The number of carboxylic acid groups (broad SMARTS) is 1. The molecular weight excluding hydrogens is 285 g/mol. The van der Waals surface area contributed by atoms with Crippen LogP contribution in [0.1, 0.15) is 38.2 Å². The molecule has 1 aromatic carbocycles. The number of hydrogen-bond donors (Lipinski definition) is 2. The quantitative estimate of drug-likeness (QED) is 0.837. The Morgan fingerprint density at radius 2 is 1.95 bits per heavy atom. The highest BCUT2D eigenvalue weighted by Gasteiger charge is 2.19. The summed E-state index contributed by atoms with van der Waals surface area (Å²) in [7, 11) is 0. The van der Waals surface area contributed by atoms with E-state index in [-0.39, 0.29) is 24.3 Å². The molecule has 0 aliphatic heterocycles. The molecule has 19 heavy (non-hydrogen) atoms. The van der Waals surface area contributed by atoms with Crippen molar-refractivity contribution in [3.8, 4) is 0 Å². The number of rotatable bonds is 6. The summed E-state index contributed by atoms with van der Waals surface area (Å²) in [6, 6.07) is 5.23. The SMILES string of the molecule is CC(CC(C)C(N)CC(=O)O)c1ccc(Cl)c(Cl)c1. The normalized spacial score (nSPS) is 15.8.